The van der Waals surface area contributed by atoms with Crippen LogP contribution in [0.5, 0.6) is 0 Å². The van der Waals surface area contributed by atoms with E-state index in [0.717, 1.165) is 74.8 Å². The van der Waals surface area contributed by atoms with E-state index in [1.165, 1.54) is 11.1 Å². The van der Waals surface area contributed by atoms with E-state index in [4.69, 9.17) is 9.97 Å². The van der Waals surface area contributed by atoms with Gasteiger partial charge < -0.3 is 9.80 Å². The first-order chi connectivity index (χ1) is 16.6. The van der Waals surface area contributed by atoms with Crippen LogP contribution in [0.2, 0.25) is 0 Å². The molecule has 1 aromatic heterocycles. The van der Waals surface area contributed by atoms with Crippen LogP contribution >= 0.6 is 0 Å². The van der Waals surface area contributed by atoms with E-state index in [2.05, 4.69) is 66.1 Å². The maximum absolute atomic E-state index is 13.5. The first-order valence-corrected chi connectivity index (χ1v) is 12.6. The number of rotatable bonds is 7. The molecule has 0 saturated carbocycles. The highest BCUT2D eigenvalue weighted by atomic mass is 16.2. The molecule has 0 bridgehead atoms. The number of aromatic nitrogens is 2. The first-order valence-electron chi connectivity index (χ1n) is 12.6. The SMILES string of the molecule is CCc1nc(C)nc(N2CCCN(C(=O)[C@@H](CC)c3ccccc3)CC2)c1Cc1ccccc1. The van der Waals surface area contributed by atoms with Crippen LogP contribution in [0.15, 0.2) is 60.7 Å². The fraction of sp³-hybridized carbons (Fsp3) is 0.414. The van der Waals surface area contributed by atoms with Gasteiger partial charge in [0.15, 0.2) is 0 Å². The van der Waals surface area contributed by atoms with Crippen LogP contribution in [-0.4, -0.2) is 47.0 Å². The summed E-state index contributed by atoms with van der Waals surface area (Å²) in [5.74, 6) is 2.02. The van der Waals surface area contributed by atoms with Gasteiger partial charge in [0.1, 0.15) is 11.6 Å². The van der Waals surface area contributed by atoms with Gasteiger partial charge >= 0.3 is 0 Å². The van der Waals surface area contributed by atoms with Crippen LogP contribution in [0.4, 0.5) is 5.82 Å². The van der Waals surface area contributed by atoms with Crippen LogP contribution in [0.1, 0.15) is 60.8 Å². The summed E-state index contributed by atoms with van der Waals surface area (Å²) in [6.07, 6.45) is 3.46. The van der Waals surface area contributed by atoms with Crippen LogP contribution in [0.25, 0.3) is 0 Å². The Labute approximate surface area is 203 Å². The molecule has 2 aromatic carbocycles. The largest absolute Gasteiger partial charge is 0.354 e. The molecule has 0 spiro atoms. The Morgan fingerprint density at radius 3 is 2.29 bits per heavy atom. The lowest BCUT2D eigenvalue weighted by Gasteiger charge is -2.27. The molecule has 0 aliphatic carbocycles. The van der Waals surface area contributed by atoms with Gasteiger partial charge in [0.2, 0.25) is 5.91 Å². The molecule has 1 atom stereocenters. The zero-order valence-electron chi connectivity index (χ0n) is 20.7. The Hall–Kier alpha value is -3.21. The van der Waals surface area contributed by atoms with Crippen molar-refractivity contribution in [3.05, 3.63) is 88.9 Å². The van der Waals surface area contributed by atoms with Gasteiger partial charge in [-0.15, -0.1) is 0 Å². The fourth-order valence-corrected chi connectivity index (χ4v) is 4.98. The van der Waals surface area contributed by atoms with Crippen molar-refractivity contribution in [3.8, 4) is 0 Å². The van der Waals surface area contributed by atoms with E-state index in [0.29, 0.717) is 0 Å². The van der Waals surface area contributed by atoms with Crippen molar-refractivity contribution in [1.82, 2.24) is 14.9 Å². The molecule has 1 aliphatic heterocycles. The zero-order chi connectivity index (χ0) is 23.9. The highest BCUT2D eigenvalue weighted by Gasteiger charge is 2.27. The number of benzene rings is 2. The van der Waals surface area contributed by atoms with E-state index < -0.39 is 0 Å². The smallest absolute Gasteiger partial charge is 0.230 e. The number of amides is 1. The molecule has 4 rings (SSSR count). The topological polar surface area (TPSA) is 49.3 Å². The Balaban J connectivity index is 1.56. The van der Waals surface area contributed by atoms with Crippen LogP contribution in [0.3, 0.4) is 0 Å². The Bertz CT molecular complexity index is 1080. The summed E-state index contributed by atoms with van der Waals surface area (Å²) in [5.41, 5.74) is 4.72. The molecule has 0 N–H and O–H groups in total. The molecule has 1 fully saturated rings. The van der Waals surface area contributed by atoms with Gasteiger partial charge in [-0.2, -0.15) is 0 Å². The molecule has 2 heterocycles. The van der Waals surface area contributed by atoms with Crippen molar-refractivity contribution in [3.63, 3.8) is 0 Å². The van der Waals surface area contributed by atoms with Crippen molar-refractivity contribution in [1.29, 1.82) is 0 Å². The standard InChI is InChI=1S/C29H36N4O/c1-4-25(24-15-10-7-11-16-24)29(34)33-18-12-17-32(19-20-33)28-26(21-23-13-8-6-9-14-23)27(5-2)30-22(3)31-28/h6-11,13-16,25H,4-5,12,17-21H2,1-3H3/t25-/m0/s1. The Morgan fingerprint density at radius 2 is 1.62 bits per heavy atom. The number of hydrogen-bond donors (Lipinski definition) is 0. The second kappa shape index (κ2) is 11.3. The lowest BCUT2D eigenvalue weighted by atomic mass is 9.95. The molecule has 1 amide bonds. The Morgan fingerprint density at radius 1 is 0.912 bits per heavy atom. The summed E-state index contributed by atoms with van der Waals surface area (Å²) in [6, 6.07) is 20.7. The summed E-state index contributed by atoms with van der Waals surface area (Å²) in [5, 5.41) is 0. The molecular weight excluding hydrogens is 420 g/mol. The number of carbonyl (C=O) groups excluding carboxylic acids is 1. The van der Waals surface area contributed by atoms with Crippen LogP contribution in [-0.2, 0) is 17.6 Å². The van der Waals surface area contributed by atoms with Gasteiger partial charge in [-0.3, -0.25) is 4.79 Å². The van der Waals surface area contributed by atoms with Crippen molar-refractivity contribution in [2.45, 2.75) is 52.4 Å². The summed E-state index contributed by atoms with van der Waals surface area (Å²) in [4.78, 5) is 27.6. The number of anilines is 1. The van der Waals surface area contributed by atoms with Crippen molar-refractivity contribution < 1.29 is 4.79 Å². The predicted octanol–water partition coefficient (Wildman–Crippen LogP) is 5.17. The van der Waals surface area contributed by atoms with Crippen molar-refractivity contribution >= 4 is 11.7 Å². The third-order valence-electron chi connectivity index (χ3n) is 6.76. The van der Waals surface area contributed by atoms with Gasteiger partial charge in [0.25, 0.3) is 0 Å². The molecule has 3 aromatic rings. The first kappa shape index (κ1) is 23.9. The minimum absolute atomic E-state index is 0.0746. The molecule has 0 unspecified atom stereocenters. The highest BCUT2D eigenvalue weighted by molar-refractivity contribution is 5.83. The minimum atomic E-state index is -0.0746. The lowest BCUT2D eigenvalue weighted by Crippen LogP contribution is -2.38. The van der Waals surface area contributed by atoms with Gasteiger partial charge in [0, 0.05) is 43.9 Å². The number of aryl methyl sites for hydroxylation is 2. The second-order valence-electron chi connectivity index (χ2n) is 9.07. The summed E-state index contributed by atoms with van der Waals surface area (Å²) >= 11 is 0. The Kier molecular flexibility index (Phi) is 7.94. The van der Waals surface area contributed by atoms with Crippen molar-refractivity contribution in [2.24, 2.45) is 0 Å². The van der Waals surface area contributed by atoms with Crippen molar-refractivity contribution in [2.75, 3.05) is 31.1 Å². The maximum atomic E-state index is 13.5. The predicted molar refractivity (Wildman–Crippen MR) is 138 cm³/mol. The third kappa shape index (κ3) is 5.46. The molecular formula is C29H36N4O. The van der Waals surface area contributed by atoms with E-state index in [9.17, 15) is 4.79 Å². The molecule has 178 valence electrons. The lowest BCUT2D eigenvalue weighted by molar-refractivity contribution is -0.132. The fourth-order valence-electron chi connectivity index (χ4n) is 4.98. The van der Waals surface area contributed by atoms with Gasteiger partial charge in [-0.1, -0.05) is 74.5 Å². The summed E-state index contributed by atoms with van der Waals surface area (Å²) < 4.78 is 0. The maximum Gasteiger partial charge on any atom is 0.230 e. The molecule has 0 radical (unpaired) electrons. The third-order valence-corrected chi connectivity index (χ3v) is 6.76. The van der Waals surface area contributed by atoms with Gasteiger partial charge in [-0.05, 0) is 37.3 Å². The molecule has 1 aliphatic rings. The van der Waals surface area contributed by atoms with Crippen LogP contribution in [0, 0.1) is 6.92 Å². The second-order valence-corrected chi connectivity index (χ2v) is 9.07. The quantitative estimate of drug-likeness (QED) is 0.492. The normalized spacial score (nSPS) is 15.1. The summed E-state index contributed by atoms with van der Waals surface area (Å²) in [7, 11) is 0. The van der Waals surface area contributed by atoms with E-state index in [-0.39, 0.29) is 11.8 Å². The molecule has 5 heteroatoms. The molecule has 34 heavy (non-hydrogen) atoms. The van der Waals surface area contributed by atoms with E-state index in [1.54, 1.807) is 0 Å². The average Bonchev–Trinajstić information content (AvgIpc) is 3.13. The minimum Gasteiger partial charge on any atom is -0.354 e. The average molecular weight is 457 g/mol. The van der Waals surface area contributed by atoms with E-state index >= 15 is 0 Å². The van der Waals surface area contributed by atoms with Crippen LogP contribution < -0.4 is 4.90 Å². The van der Waals surface area contributed by atoms with Gasteiger partial charge in [-0.25, -0.2) is 9.97 Å². The monoisotopic (exact) mass is 456 g/mol. The highest BCUT2D eigenvalue weighted by Crippen LogP contribution is 2.27. The molecule has 1 saturated heterocycles. The van der Waals surface area contributed by atoms with Gasteiger partial charge in [0.05, 0.1) is 5.92 Å². The number of nitrogens with zero attached hydrogens (tertiary/aromatic N) is 4. The zero-order valence-corrected chi connectivity index (χ0v) is 20.7. The molecule has 5 nitrogen and oxygen atoms in total. The number of hydrogen-bond acceptors (Lipinski definition) is 4. The summed E-state index contributed by atoms with van der Waals surface area (Å²) in [6.45, 7) is 9.44. The van der Waals surface area contributed by atoms with E-state index in [1.807, 2.05) is 25.1 Å². The number of carbonyl (C=O) groups is 1.